The van der Waals surface area contributed by atoms with Gasteiger partial charge in [0.2, 0.25) is 17.3 Å². The molecule has 0 spiro atoms. The van der Waals surface area contributed by atoms with E-state index in [1.807, 2.05) is 72.8 Å². The number of nitrogens with zero attached hydrogens (tertiary/aromatic N) is 3. The van der Waals surface area contributed by atoms with E-state index >= 15 is 0 Å². The third-order valence-corrected chi connectivity index (χ3v) is 6.44. The van der Waals surface area contributed by atoms with Gasteiger partial charge in [0.1, 0.15) is 5.75 Å². The van der Waals surface area contributed by atoms with Crippen molar-refractivity contribution in [2.75, 3.05) is 11.9 Å². The van der Waals surface area contributed by atoms with Gasteiger partial charge in [0.15, 0.2) is 5.69 Å². The Morgan fingerprint density at radius 2 is 1.79 bits per heavy atom. The summed E-state index contributed by atoms with van der Waals surface area (Å²) in [6.45, 7) is 2.72. The van der Waals surface area contributed by atoms with Crippen molar-refractivity contribution in [3.63, 3.8) is 0 Å². The smallest absolute Gasteiger partial charge is 0.247 e. The lowest BCUT2D eigenvalue weighted by Crippen LogP contribution is -2.18. The molecular weight excluding hydrogens is 468 g/mol. The summed E-state index contributed by atoms with van der Waals surface area (Å²) >= 11 is 7.49. The molecule has 1 aromatic heterocycles. The maximum atomic E-state index is 6.42. The lowest BCUT2D eigenvalue weighted by Gasteiger charge is -2.21. The van der Waals surface area contributed by atoms with E-state index < -0.39 is 6.23 Å². The Morgan fingerprint density at radius 1 is 1.00 bits per heavy atom. The quantitative estimate of drug-likeness (QED) is 0.286. The van der Waals surface area contributed by atoms with Crippen LogP contribution >= 0.6 is 23.4 Å². The van der Waals surface area contributed by atoms with Crippen LogP contribution in [0.3, 0.4) is 0 Å². The van der Waals surface area contributed by atoms with Crippen LogP contribution < -0.4 is 14.8 Å². The van der Waals surface area contributed by atoms with Crippen molar-refractivity contribution in [1.82, 2.24) is 15.2 Å². The van der Waals surface area contributed by atoms with E-state index in [1.54, 1.807) is 0 Å². The maximum Gasteiger partial charge on any atom is 0.247 e. The van der Waals surface area contributed by atoms with E-state index in [9.17, 15) is 0 Å². The number of para-hydroxylation sites is 2. The van der Waals surface area contributed by atoms with E-state index in [4.69, 9.17) is 26.1 Å². The molecule has 6 nitrogen and oxygen atoms in total. The molecule has 34 heavy (non-hydrogen) atoms. The summed E-state index contributed by atoms with van der Waals surface area (Å²) in [6, 6.07) is 23.6. The highest BCUT2D eigenvalue weighted by molar-refractivity contribution is 7.98. The molecule has 2 heterocycles. The molecule has 8 heteroatoms. The highest BCUT2D eigenvalue weighted by Crippen LogP contribution is 2.41. The molecule has 0 aliphatic carbocycles. The fourth-order valence-corrected chi connectivity index (χ4v) is 4.48. The molecule has 4 aromatic rings. The molecule has 1 aliphatic rings. The van der Waals surface area contributed by atoms with Gasteiger partial charge in [-0.05, 0) is 42.3 Å². The van der Waals surface area contributed by atoms with Crippen molar-refractivity contribution in [3.05, 3.63) is 88.9 Å². The molecule has 1 N–H and O–H groups in total. The average Bonchev–Trinajstić information content (AvgIpc) is 3.04. The van der Waals surface area contributed by atoms with E-state index in [1.165, 1.54) is 11.8 Å². The minimum absolute atomic E-state index is 0.432. The van der Waals surface area contributed by atoms with Crippen LogP contribution in [0.5, 0.6) is 11.6 Å². The van der Waals surface area contributed by atoms with Crippen molar-refractivity contribution < 1.29 is 9.47 Å². The highest BCUT2D eigenvalue weighted by Gasteiger charge is 2.27. The summed E-state index contributed by atoms with van der Waals surface area (Å²) in [7, 11) is 0. The molecule has 1 atom stereocenters. The second-order valence-corrected chi connectivity index (χ2v) is 9.12. The Bertz CT molecular complexity index is 1290. The van der Waals surface area contributed by atoms with Gasteiger partial charge < -0.3 is 14.8 Å². The molecule has 172 valence electrons. The second kappa shape index (κ2) is 10.3. The third-order valence-electron chi connectivity index (χ3n) is 5.28. The monoisotopic (exact) mass is 490 g/mol. The van der Waals surface area contributed by atoms with Gasteiger partial charge in [0.25, 0.3) is 0 Å². The summed E-state index contributed by atoms with van der Waals surface area (Å²) < 4.78 is 12.4. The molecule has 0 fully saturated rings. The normalized spacial score (nSPS) is 14.2. The largest absolute Gasteiger partial charge is 0.493 e. The molecule has 0 radical (unpaired) electrons. The van der Waals surface area contributed by atoms with Gasteiger partial charge in [0, 0.05) is 22.0 Å². The van der Waals surface area contributed by atoms with Gasteiger partial charge in [-0.15, -0.1) is 10.2 Å². The number of hydrogen-bond acceptors (Lipinski definition) is 7. The number of hydrogen-bond donors (Lipinski definition) is 1. The molecular formula is C26H23ClN4O2S. The van der Waals surface area contributed by atoms with Crippen LogP contribution in [0.2, 0.25) is 5.02 Å². The summed E-state index contributed by atoms with van der Waals surface area (Å²) in [5.41, 5.74) is 4.41. The molecule has 1 unspecified atom stereocenters. The van der Waals surface area contributed by atoms with Gasteiger partial charge in [-0.3, -0.25) is 0 Å². The van der Waals surface area contributed by atoms with Crippen molar-refractivity contribution in [3.8, 4) is 22.9 Å². The summed E-state index contributed by atoms with van der Waals surface area (Å²) in [6.07, 6.45) is 0.422. The first kappa shape index (κ1) is 22.5. The zero-order chi connectivity index (χ0) is 23.3. The van der Waals surface area contributed by atoms with Crippen LogP contribution in [-0.2, 0) is 5.75 Å². The second-order valence-electron chi connectivity index (χ2n) is 7.74. The van der Waals surface area contributed by atoms with E-state index in [-0.39, 0.29) is 0 Å². The fraction of sp³-hybridized carbons (Fsp3) is 0.192. The Hall–Kier alpha value is -3.29. The fourth-order valence-electron chi connectivity index (χ4n) is 3.62. The van der Waals surface area contributed by atoms with Crippen LogP contribution in [0.1, 0.15) is 30.7 Å². The van der Waals surface area contributed by atoms with Crippen molar-refractivity contribution in [2.45, 2.75) is 30.5 Å². The standard InChI is InChI=1S/C26H23ClN4O2S/c1-2-15-32-22-10-6-4-8-20(22)24-28-21-9-5-3-7-19(21)23-25(33-24)29-26(31-30-23)34-16-17-11-13-18(27)14-12-17/h3-14,24,28H,2,15-16H2,1H3. The third kappa shape index (κ3) is 4.95. The summed E-state index contributed by atoms with van der Waals surface area (Å²) in [5.74, 6) is 1.91. The predicted molar refractivity (Wildman–Crippen MR) is 135 cm³/mol. The van der Waals surface area contributed by atoms with Crippen LogP contribution in [0, 0.1) is 0 Å². The number of fused-ring (bicyclic) bond motifs is 3. The van der Waals surface area contributed by atoms with E-state index in [2.05, 4.69) is 22.4 Å². The molecule has 1 aliphatic heterocycles. The number of benzene rings is 3. The van der Waals surface area contributed by atoms with Gasteiger partial charge in [0.05, 0.1) is 12.2 Å². The maximum absolute atomic E-state index is 6.42. The number of ether oxygens (including phenoxy) is 2. The molecule has 0 bridgehead atoms. The van der Waals surface area contributed by atoms with Crippen LogP contribution in [0.25, 0.3) is 11.3 Å². The number of anilines is 1. The Morgan fingerprint density at radius 3 is 2.65 bits per heavy atom. The summed E-state index contributed by atoms with van der Waals surface area (Å²) in [4.78, 5) is 4.73. The van der Waals surface area contributed by atoms with E-state index in [0.29, 0.717) is 34.1 Å². The zero-order valence-corrected chi connectivity index (χ0v) is 20.1. The number of rotatable bonds is 7. The van der Waals surface area contributed by atoms with Gasteiger partial charge >= 0.3 is 0 Å². The first-order valence-corrected chi connectivity index (χ1v) is 12.4. The van der Waals surface area contributed by atoms with E-state index in [0.717, 1.165) is 34.5 Å². The number of aromatic nitrogens is 3. The lowest BCUT2D eigenvalue weighted by molar-refractivity contribution is 0.215. The van der Waals surface area contributed by atoms with Crippen LogP contribution in [0.4, 0.5) is 5.69 Å². The van der Waals surface area contributed by atoms with Gasteiger partial charge in [-0.1, -0.05) is 72.8 Å². The molecule has 5 rings (SSSR count). The van der Waals surface area contributed by atoms with Crippen molar-refractivity contribution >= 4 is 29.1 Å². The topological polar surface area (TPSA) is 69.2 Å². The number of halogens is 1. The predicted octanol–water partition coefficient (Wildman–Crippen LogP) is 6.78. The van der Waals surface area contributed by atoms with Gasteiger partial charge in [-0.2, -0.15) is 4.98 Å². The van der Waals surface area contributed by atoms with Crippen molar-refractivity contribution in [1.29, 1.82) is 0 Å². The van der Waals surface area contributed by atoms with Crippen LogP contribution in [0.15, 0.2) is 78.0 Å². The Kier molecular flexibility index (Phi) is 6.83. The number of thioether (sulfide) groups is 1. The number of nitrogens with one attached hydrogen (secondary N) is 1. The average molecular weight is 491 g/mol. The van der Waals surface area contributed by atoms with Crippen LogP contribution in [-0.4, -0.2) is 21.8 Å². The first-order valence-electron chi connectivity index (χ1n) is 11.1. The molecule has 3 aromatic carbocycles. The minimum Gasteiger partial charge on any atom is -0.493 e. The minimum atomic E-state index is -0.499. The molecule has 0 saturated carbocycles. The molecule has 0 amide bonds. The summed E-state index contributed by atoms with van der Waals surface area (Å²) in [5, 5.41) is 13.6. The SMILES string of the molecule is CCCOc1ccccc1C1Nc2ccccc2-c2nnc(SCc3ccc(Cl)cc3)nc2O1. The highest BCUT2D eigenvalue weighted by atomic mass is 35.5. The van der Waals surface area contributed by atoms with Crippen molar-refractivity contribution in [2.24, 2.45) is 0 Å². The Balaban J connectivity index is 1.48. The Labute approximate surface area is 207 Å². The zero-order valence-electron chi connectivity index (χ0n) is 18.6. The first-order chi connectivity index (χ1) is 16.7. The molecule has 0 saturated heterocycles. The lowest BCUT2D eigenvalue weighted by atomic mass is 10.1. The van der Waals surface area contributed by atoms with Gasteiger partial charge in [-0.25, -0.2) is 0 Å².